The van der Waals surface area contributed by atoms with E-state index in [-0.39, 0.29) is 11.3 Å². The molecular formula is C23H26N2O4. The number of benzene rings is 2. The first kappa shape index (κ1) is 20.6. The molecule has 2 aromatic carbocycles. The van der Waals surface area contributed by atoms with Crippen molar-refractivity contribution in [3.63, 3.8) is 0 Å². The first-order chi connectivity index (χ1) is 13.8. The van der Waals surface area contributed by atoms with E-state index < -0.39 is 17.7 Å². The molecule has 1 atom stereocenters. The van der Waals surface area contributed by atoms with Gasteiger partial charge in [0.2, 0.25) is 0 Å². The molecule has 0 radical (unpaired) electrons. The maximum atomic E-state index is 12.9. The lowest BCUT2D eigenvalue weighted by Gasteiger charge is -2.26. The first-order valence-corrected chi connectivity index (χ1v) is 9.48. The number of nitrogens with zero attached hydrogens (tertiary/aromatic N) is 2. The summed E-state index contributed by atoms with van der Waals surface area (Å²) in [5.74, 6) is -0.737. The van der Waals surface area contributed by atoms with Crippen LogP contribution in [-0.4, -0.2) is 60.9 Å². The van der Waals surface area contributed by atoms with E-state index in [1.165, 1.54) is 0 Å². The third kappa shape index (κ3) is 4.03. The van der Waals surface area contributed by atoms with Crippen LogP contribution in [0.15, 0.2) is 54.1 Å². The number of likely N-dealkylation sites (N-methyl/N-ethyl adjacent to an activating group) is 1. The molecule has 29 heavy (non-hydrogen) atoms. The molecular weight excluding hydrogens is 368 g/mol. The van der Waals surface area contributed by atoms with Crippen molar-refractivity contribution in [3.05, 3.63) is 70.8 Å². The second kappa shape index (κ2) is 8.49. The second-order valence-electron chi connectivity index (χ2n) is 7.39. The van der Waals surface area contributed by atoms with Crippen LogP contribution in [0, 0.1) is 6.92 Å². The normalized spacial score (nSPS) is 18.5. The van der Waals surface area contributed by atoms with Crippen molar-refractivity contribution in [2.75, 3.05) is 34.3 Å². The van der Waals surface area contributed by atoms with Gasteiger partial charge in [-0.15, -0.1) is 0 Å². The topological polar surface area (TPSA) is 70.1 Å². The van der Waals surface area contributed by atoms with E-state index in [2.05, 4.69) is 0 Å². The molecule has 1 amide bonds. The molecule has 0 spiro atoms. The van der Waals surface area contributed by atoms with Crippen LogP contribution in [0.1, 0.15) is 22.7 Å². The van der Waals surface area contributed by atoms with Crippen LogP contribution in [0.3, 0.4) is 0 Å². The molecule has 1 aliphatic heterocycles. The zero-order valence-electron chi connectivity index (χ0n) is 17.2. The fraction of sp³-hybridized carbons (Fsp3) is 0.304. The molecule has 6 heteroatoms. The van der Waals surface area contributed by atoms with Crippen LogP contribution in [-0.2, 0) is 9.59 Å². The van der Waals surface area contributed by atoms with Crippen LogP contribution >= 0.6 is 0 Å². The Morgan fingerprint density at radius 3 is 2.41 bits per heavy atom. The number of methoxy groups -OCH3 is 1. The highest BCUT2D eigenvalue weighted by molar-refractivity contribution is 6.46. The fourth-order valence-electron chi connectivity index (χ4n) is 3.58. The summed E-state index contributed by atoms with van der Waals surface area (Å²) in [6, 6.07) is 13.9. The Morgan fingerprint density at radius 2 is 1.83 bits per heavy atom. The molecule has 1 fully saturated rings. The number of amides is 1. The number of hydrogen-bond acceptors (Lipinski definition) is 5. The summed E-state index contributed by atoms with van der Waals surface area (Å²) < 4.78 is 5.27. The van der Waals surface area contributed by atoms with Crippen LogP contribution in [0.25, 0.3) is 5.76 Å². The van der Waals surface area contributed by atoms with Crippen molar-refractivity contribution >= 4 is 17.4 Å². The zero-order valence-corrected chi connectivity index (χ0v) is 17.2. The summed E-state index contributed by atoms with van der Waals surface area (Å²) in [4.78, 5) is 29.2. The number of carbonyl (C=O) groups excluding carboxylic acids is 2. The van der Waals surface area contributed by atoms with Gasteiger partial charge in [-0.25, -0.2) is 0 Å². The Kier molecular flexibility index (Phi) is 6.03. The van der Waals surface area contributed by atoms with E-state index in [9.17, 15) is 14.7 Å². The molecule has 1 N–H and O–H groups in total. The molecule has 0 bridgehead atoms. The van der Waals surface area contributed by atoms with Crippen molar-refractivity contribution < 1.29 is 19.4 Å². The number of ether oxygens (including phenoxy) is 1. The van der Waals surface area contributed by atoms with Gasteiger partial charge in [0.05, 0.1) is 18.7 Å². The molecule has 0 aromatic heterocycles. The standard InChI is InChI=1S/C23H26N2O4/c1-15-14-17(10-11-18(15)29-4)21(26)19-20(16-8-6-5-7-9-16)25(13-12-24(2)3)23(28)22(19)27/h5-11,14,20,26H,12-13H2,1-4H3/b21-19+/t20-/m1/s1. The number of ketones is 1. The first-order valence-electron chi connectivity index (χ1n) is 9.48. The smallest absolute Gasteiger partial charge is 0.295 e. The highest BCUT2D eigenvalue weighted by Gasteiger charge is 2.45. The number of likely N-dealkylation sites (tertiary alicyclic amines) is 1. The molecule has 0 saturated carbocycles. The van der Waals surface area contributed by atoms with Crippen LogP contribution in [0.2, 0.25) is 0 Å². The number of aliphatic hydroxyl groups is 1. The maximum absolute atomic E-state index is 12.9. The molecule has 1 aliphatic rings. The minimum atomic E-state index is -0.663. The summed E-state index contributed by atoms with van der Waals surface area (Å²) in [6.45, 7) is 2.85. The van der Waals surface area contributed by atoms with Crippen LogP contribution in [0.4, 0.5) is 0 Å². The minimum absolute atomic E-state index is 0.115. The lowest BCUT2D eigenvalue weighted by Crippen LogP contribution is -2.35. The highest BCUT2D eigenvalue weighted by Crippen LogP contribution is 2.39. The Labute approximate surface area is 171 Å². The number of Topliss-reactive ketones (excluding diaryl/α,β-unsaturated/α-hetero) is 1. The van der Waals surface area contributed by atoms with E-state index in [1.807, 2.05) is 56.3 Å². The van der Waals surface area contributed by atoms with Gasteiger partial charge < -0.3 is 19.6 Å². The summed E-state index contributed by atoms with van der Waals surface area (Å²) in [6.07, 6.45) is 0. The molecule has 152 valence electrons. The molecule has 0 aliphatic carbocycles. The lowest BCUT2D eigenvalue weighted by atomic mass is 9.95. The maximum Gasteiger partial charge on any atom is 0.295 e. The van der Waals surface area contributed by atoms with Crippen molar-refractivity contribution in [1.29, 1.82) is 0 Å². The van der Waals surface area contributed by atoms with E-state index in [4.69, 9.17) is 4.74 Å². The van der Waals surface area contributed by atoms with Gasteiger partial charge in [0.1, 0.15) is 11.5 Å². The average molecular weight is 394 g/mol. The SMILES string of the molecule is COc1ccc(/C(O)=C2\C(=O)C(=O)N(CCN(C)C)[C@@H]2c2ccccc2)cc1C. The van der Waals surface area contributed by atoms with Crippen molar-refractivity contribution in [2.24, 2.45) is 0 Å². The molecule has 3 rings (SSSR count). The van der Waals surface area contributed by atoms with Gasteiger partial charge >= 0.3 is 0 Å². The second-order valence-corrected chi connectivity index (χ2v) is 7.39. The van der Waals surface area contributed by atoms with Crippen molar-refractivity contribution in [2.45, 2.75) is 13.0 Å². The molecule has 1 saturated heterocycles. The van der Waals surface area contributed by atoms with E-state index in [1.54, 1.807) is 30.2 Å². The lowest BCUT2D eigenvalue weighted by molar-refractivity contribution is -0.140. The van der Waals surface area contributed by atoms with Crippen LogP contribution in [0.5, 0.6) is 5.75 Å². The molecule has 6 nitrogen and oxygen atoms in total. The summed E-state index contributed by atoms with van der Waals surface area (Å²) in [5.41, 5.74) is 2.21. The van der Waals surface area contributed by atoms with Gasteiger partial charge in [-0.2, -0.15) is 0 Å². The van der Waals surface area contributed by atoms with Crippen LogP contribution < -0.4 is 4.74 Å². The van der Waals surface area contributed by atoms with E-state index in [0.29, 0.717) is 24.4 Å². The van der Waals surface area contributed by atoms with Gasteiger partial charge in [0.25, 0.3) is 11.7 Å². The largest absolute Gasteiger partial charge is 0.507 e. The van der Waals surface area contributed by atoms with E-state index >= 15 is 0 Å². The Morgan fingerprint density at radius 1 is 1.14 bits per heavy atom. The zero-order chi connectivity index (χ0) is 21.1. The minimum Gasteiger partial charge on any atom is -0.507 e. The predicted molar refractivity (Wildman–Crippen MR) is 112 cm³/mol. The predicted octanol–water partition coefficient (Wildman–Crippen LogP) is 2.99. The van der Waals surface area contributed by atoms with Gasteiger partial charge in [0, 0.05) is 18.7 Å². The molecule has 1 heterocycles. The van der Waals surface area contributed by atoms with Gasteiger partial charge in [-0.1, -0.05) is 30.3 Å². The van der Waals surface area contributed by atoms with Gasteiger partial charge in [-0.05, 0) is 50.3 Å². The Hall–Kier alpha value is -3.12. The summed E-state index contributed by atoms with van der Waals surface area (Å²) in [5, 5.41) is 11.1. The van der Waals surface area contributed by atoms with Crippen molar-refractivity contribution in [1.82, 2.24) is 9.80 Å². The number of hydrogen-bond donors (Lipinski definition) is 1. The van der Waals surface area contributed by atoms with Crippen molar-refractivity contribution in [3.8, 4) is 5.75 Å². The monoisotopic (exact) mass is 394 g/mol. The van der Waals surface area contributed by atoms with E-state index in [0.717, 1.165) is 11.1 Å². The quantitative estimate of drug-likeness (QED) is 0.463. The average Bonchev–Trinajstić information content (AvgIpc) is 2.97. The highest BCUT2D eigenvalue weighted by atomic mass is 16.5. The Balaban J connectivity index is 2.13. The fourth-order valence-corrected chi connectivity index (χ4v) is 3.58. The molecule has 0 unspecified atom stereocenters. The Bertz CT molecular complexity index is 951. The summed E-state index contributed by atoms with van der Waals surface area (Å²) >= 11 is 0. The van der Waals surface area contributed by atoms with Gasteiger partial charge in [0.15, 0.2) is 0 Å². The third-order valence-electron chi connectivity index (χ3n) is 5.11. The number of carbonyl (C=O) groups is 2. The third-order valence-corrected chi connectivity index (χ3v) is 5.11. The van der Waals surface area contributed by atoms with Gasteiger partial charge in [-0.3, -0.25) is 9.59 Å². The summed E-state index contributed by atoms with van der Waals surface area (Å²) in [7, 11) is 5.40. The molecule has 2 aromatic rings. The number of aliphatic hydroxyl groups excluding tert-OH is 1. The number of rotatable bonds is 6. The number of aryl methyl sites for hydroxylation is 1.